The van der Waals surface area contributed by atoms with Crippen molar-refractivity contribution in [3.8, 4) is 0 Å². The molecule has 0 aromatic carbocycles. The van der Waals surface area contributed by atoms with Gasteiger partial charge in [-0.3, -0.25) is 0 Å². The zero-order valence-electron chi connectivity index (χ0n) is 13.5. The van der Waals surface area contributed by atoms with Crippen LogP contribution in [-0.2, 0) is 0 Å². The fourth-order valence-electron chi connectivity index (χ4n) is 1.95. The van der Waals surface area contributed by atoms with Gasteiger partial charge in [0.05, 0.1) is 18.5 Å². The van der Waals surface area contributed by atoms with Crippen LogP contribution in [0.4, 0.5) is 20.8 Å². The maximum atomic E-state index is 9.91. The second-order valence-electron chi connectivity index (χ2n) is 5.81. The summed E-state index contributed by atoms with van der Waals surface area (Å²) in [6.07, 6.45) is 13.2. The molecule has 0 saturated heterocycles. The van der Waals surface area contributed by atoms with Gasteiger partial charge >= 0.3 is 35.0 Å². The standard InChI is InChI=1S/C13H30P.AsF6/c1-5-8-11-14(4,12-9-6-2)13-10-7-3;2-1(3,4,5,6)7/h5-13H2,1-4H3;/q+1;-1. The fraction of sp³-hybridized carbons (Fsp3) is 1.00. The second-order valence-corrected chi connectivity index (χ2v) is 14.4. The van der Waals surface area contributed by atoms with Crippen LogP contribution in [0.25, 0.3) is 0 Å². The molecule has 0 atom stereocenters. The molecule has 8 heteroatoms. The maximum absolute atomic E-state index is 11.1. The first-order chi connectivity index (χ1) is 9.13. The van der Waals surface area contributed by atoms with E-state index < -0.39 is 21.4 Å². The van der Waals surface area contributed by atoms with Gasteiger partial charge in [-0.2, -0.15) is 0 Å². The van der Waals surface area contributed by atoms with Gasteiger partial charge in [0.15, 0.2) is 0 Å². The third-order valence-electron chi connectivity index (χ3n) is 3.15. The topological polar surface area (TPSA) is 0 Å². The van der Waals surface area contributed by atoms with Crippen LogP contribution in [0.2, 0.25) is 0 Å². The molecule has 0 radical (unpaired) electrons. The average molecular weight is 406 g/mol. The van der Waals surface area contributed by atoms with Crippen molar-refractivity contribution in [3.63, 3.8) is 0 Å². The molecule has 0 bridgehead atoms. The van der Waals surface area contributed by atoms with E-state index in [0.717, 1.165) is 0 Å². The molecule has 0 unspecified atom stereocenters. The minimum atomic E-state index is -11.1. The molecule has 0 aliphatic carbocycles. The van der Waals surface area contributed by atoms with Gasteiger partial charge in [0.2, 0.25) is 0 Å². The molecule has 0 aliphatic heterocycles. The Morgan fingerprint density at radius 2 is 0.810 bits per heavy atom. The molecule has 0 rings (SSSR count). The normalized spacial score (nSPS) is 15.7. The average Bonchev–Trinajstić information content (AvgIpc) is 2.28. The van der Waals surface area contributed by atoms with Crippen LogP contribution < -0.4 is 0 Å². The van der Waals surface area contributed by atoms with Crippen LogP contribution in [0.1, 0.15) is 59.3 Å². The van der Waals surface area contributed by atoms with E-state index in [1.807, 2.05) is 0 Å². The molecule has 0 aliphatic rings. The molecule has 134 valence electrons. The number of halogens is 6. The molecule has 0 amide bonds. The molecule has 0 aromatic rings. The number of unbranched alkanes of at least 4 members (excludes halogenated alkanes) is 3. The third kappa shape index (κ3) is 29.3. The van der Waals surface area contributed by atoms with Gasteiger partial charge in [-0.05, 0) is 19.3 Å². The summed E-state index contributed by atoms with van der Waals surface area (Å²) in [6.45, 7) is 9.59. The molecule has 0 fully saturated rings. The van der Waals surface area contributed by atoms with Crippen molar-refractivity contribution in [3.05, 3.63) is 0 Å². The van der Waals surface area contributed by atoms with Crippen LogP contribution in [0.5, 0.6) is 0 Å². The van der Waals surface area contributed by atoms with Gasteiger partial charge in [-0.1, -0.05) is 40.0 Å². The Balaban J connectivity index is 0. The van der Waals surface area contributed by atoms with Crippen molar-refractivity contribution in [1.29, 1.82) is 0 Å². The van der Waals surface area contributed by atoms with Gasteiger partial charge < -0.3 is 0 Å². The first-order valence-corrected chi connectivity index (χ1v) is 14.6. The summed E-state index contributed by atoms with van der Waals surface area (Å²) < 4.78 is 59.4. The van der Waals surface area contributed by atoms with E-state index in [0.29, 0.717) is 0 Å². The van der Waals surface area contributed by atoms with Gasteiger partial charge in [-0.15, -0.1) is 0 Å². The molecular weight excluding hydrogens is 376 g/mol. The van der Waals surface area contributed by atoms with Gasteiger partial charge in [0, 0.05) is 13.9 Å². The summed E-state index contributed by atoms with van der Waals surface area (Å²) in [5, 5.41) is 0. The SMILES string of the molecule is CCCC[P+](C)(CCCC)CCCC.F[As-](F)(F)(F)(F)F. The van der Waals surface area contributed by atoms with E-state index >= 15 is 0 Å². The van der Waals surface area contributed by atoms with Crippen LogP contribution >= 0.6 is 7.26 Å². The van der Waals surface area contributed by atoms with Gasteiger partial charge in [-0.25, -0.2) is 0 Å². The third-order valence-corrected chi connectivity index (χ3v) is 7.34. The first kappa shape index (κ1) is 23.8. The summed E-state index contributed by atoms with van der Waals surface area (Å²) in [5.74, 6) is 0. The van der Waals surface area contributed by atoms with Gasteiger partial charge in [0.1, 0.15) is 0 Å². The second kappa shape index (κ2) is 8.43. The first-order valence-electron chi connectivity index (χ1n) is 7.53. The van der Waals surface area contributed by atoms with E-state index in [1.54, 1.807) is 18.5 Å². The molecule has 0 aromatic heterocycles. The molecular formula is C13H30AsF6P. The fourth-order valence-corrected chi connectivity index (χ4v) is 5.86. The van der Waals surface area contributed by atoms with Crippen molar-refractivity contribution >= 4 is 21.4 Å². The predicted octanol–water partition coefficient (Wildman–Crippen LogP) is 7.17. The van der Waals surface area contributed by atoms with Crippen LogP contribution in [0.3, 0.4) is 0 Å². The van der Waals surface area contributed by atoms with E-state index in [4.69, 9.17) is 0 Å². The summed E-state index contributed by atoms with van der Waals surface area (Å²) in [5.41, 5.74) is 0. The van der Waals surface area contributed by atoms with Crippen molar-refractivity contribution in [2.45, 2.75) is 59.3 Å². The molecule has 0 spiro atoms. The number of rotatable bonds is 9. The van der Waals surface area contributed by atoms with Gasteiger partial charge in [0.25, 0.3) is 0 Å². The minimum absolute atomic E-state index is 0.519. The summed E-state index contributed by atoms with van der Waals surface area (Å²) in [6, 6.07) is 0. The zero-order chi connectivity index (χ0) is 17.3. The summed E-state index contributed by atoms with van der Waals surface area (Å²) >= 11 is -11.1. The van der Waals surface area contributed by atoms with E-state index in [1.165, 1.54) is 38.5 Å². The van der Waals surface area contributed by atoms with Crippen molar-refractivity contribution in [2.75, 3.05) is 25.2 Å². The zero-order valence-corrected chi connectivity index (χ0v) is 16.3. The Morgan fingerprint density at radius 3 is 0.952 bits per heavy atom. The van der Waals surface area contributed by atoms with E-state index in [9.17, 15) is 20.8 Å². The Hall–Kier alpha value is 0.568. The quantitative estimate of drug-likeness (QED) is 0.216. The molecule has 21 heavy (non-hydrogen) atoms. The van der Waals surface area contributed by atoms with E-state index in [-0.39, 0.29) is 0 Å². The Labute approximate surface area is 127 Å². The Kier molecular flexibility index (Phi) is 9.56. The number of hydrogen-bond donors (Lipinski definition) is 0. The Bertz CT molecular complexity index is 241. The summed E-state index contributed by atoms with van der Waals surface area (Å²) in [7, 11) is -0.519. The van der Waals surface area contributed by atoms with Crippen LogP contribution in [0.15, 0.2) is 0 Å². The van der Waals surface area contributed by atoms with Crippen molar-refractivity contribution in [1.82, 2.24) is 0 Å². The molecule has 0 heterocycles. The molecule has 0 N–H and O–H groups in total. The van der Waals surface area contributed by atoms with Crippen molar-refractivity contribution < 1.29 is 20.8 Å². The molecule has 0 nitrogen and oxygen atoms in total. The molecule has 0 saturated carbocycles. The predicted molar refractivity (Wildman–Crippen MR) is 84.6 cm³/mol. The van der Waals surface area contributed by atoms with Crippen molar-refractivity contribution in [2.24, 2.45) is 0 Å². The summed E-state index contributed by atoms with van der Waals surface area (Å²) in [4.78, 5) is 0. The van der Waals surface area contributed by atoms with Crippen LogP contribution in [-0.4, -0.2) is 39.3 Å². The van der Waals surface area contributed by atoms with Crippen LogP contribution in [0, 0.1) is 0 Å². The monoisotopic (exact) mass is 406 g/mol. The Morgan fingerprint density at radius 1 is 0.619 bits per heavy atom. The van der Waals surface area contributed by atoms with E-state index in [2.05, 4.69) is 27.4 Å². The number of hydrogen-bond acceptors (Lipinski definition) is 0.